The first-order valence-electron chi connectivity index (χ1n) is 2.91. The van der Waals surface area contributed by atoms with Crippen LogP contribution in [0, 0.1) is 0 Å². The molecule has 0 atom stereocenters. The fourth-order valence-corrected chi connectivity index (χ4v) is 0.658. The minimum absolute atomic E-state index is 0. The normalized spacial score (nSPS) is 8.36. The molecule has 0 aliphatic rings. The van der Waals surface area contributed by atoms with Gasteiger partial charge in [-0.1, -0.05) is 6.07 Å². The molecule has 0 saturated carbocycles. The van der Waals surface area contributed by atoms with Gasteiger partial charge in [-0.2, -0.15) is 0 Å². The summed E-state index contributed by atoms with van der Waals surface area (Å²) >= 11 is 0. The molecule has 0 spiro atoms. The smallest absolute Gasteiger partial charge is 0.309 e. The molecular weight excluding hydrogens is 153 g/mol. The zero-order chi connectivity index (χ0) is 7.40. The number of aliphatic carboxylic acids is 1. The quantitative estimate of drug-likeness (QED) is 0.634. The Hall–Kier alpha value is -0.380. The van der Waals surface area contributed by atoms with Crippen LogP contribution < -0.4 is 0 Å². The van der Waals surface area contributed by atoms with E-state index in [1.165, 1.54) is 0 Å². The van der Waals surface area contributed by atoms with E-state index in [2.05, 4.69) is 4.98 Å². The molecule has 0 amide bonds. The van der Waals surface area contributed by atoms with E-state index in [-0.39, 0.29) is 36.0 Å². The second kappa shape index (κ2) is 5.29. The molecule has 3 nitrogen and oxygen atoms in total. The van der Waals surface area contributed by atoms with Crippen molar-refractivity contribution in [3.8, 4) is 0 Å². The average Bonchev–Trinajstić information content (AvgIpc) is 1.88. The van der Waals surface area contributed by atoms with Crippen LogP contribution in [0.1, 0.15) is 5.69 Å². The summed E-state index contributed by atoms with van der Waals surface area (Å²) in [6, 6.07) is 5.21. The molecule has 0 unspecified atom stereocenters. The number of hydrogen-bond donors (Lipinski definition) is 1. The third kappa shape index (κ3) is 4.14. The molecule has 1 radical (unpaired) electrons. The van der Waals surface area contributed by atoms with Crippen LogP contribution in [0.25, 0.3) is 0 Å². The topological polar surface area (TPSA) is 50.2 Å². The molecule has 1 heterocycles. The summed E-state index contributed by atoms with van der Waals surface area (Å²) in [5.41, 5.74) is 0.593. The fourth-order valence-electron chi connectivity index (χ4n) is 0.658. The third-order valence-electron chi connectivity index (χ3n) is 1.06. The number of carboxylic acid groups (broad SMARTS) is 1. The third-order valence-corrected chi connectivity index (χ3v) is 1.06. The minimum Gasteiger partial charge on any atom is -0.481 e. The van der Waals surface area contributed by atoms with E-state index in [9.17, 15) is 4.79 Å². The van der Waals surface area contributed by atoms with Gasteiger partial charge in [0.15, 0.2) is 0 Å². The van der Waals surface area contributed by atoms with E-state index in [0.29, 0.717) is 5.69 Å². The molecule has 4 heteroatoms. The molecule has 53 valence electrons. The van der Waals surface area contributed by atoms with Gasteiger partial charge >= 0.3 is 5.97 Å². The summed E-state index contributed by atoms with van der Waals surface area (Å²) in [4.78, 5) is 14.0. The van der Waals surface area contributed by atoms with E-state index in [1.807, 2.05) is 0 Å². The Morgan fingerprint density at radius 1 is 1.55 bits per heavy atom. The van der Waals surface area contributed by atoms with Crippen LogP contribution >= 0.6 is 0 Å². The standard InChI is InChI=1S/C7H7NO2.Na/c9-7(10)5-6-3-1-2-4-8-6;/h1-4H,5H2,(H,9,10);. The van der Waals surface area contributed by atoms with Crippen LogP contribution in [0.4, 0.5) is 0 Å². The number of pyridine rings is 1. The molecule has 1 rings (SSSR count). The largest absolute Gasteiger partial charge is 0.481 e. The monoisotopic (exact) mass is 160 g/mol. The number of carboxylic acids is 1. The number of rotatable bonds is 2. The van der Waals surface area contributed by atoms with Crippen molar-refractivity contribution < 1.29 is 9.90 Å². The molecule has 0 saturated heterocycles. The molecule has 0 aromatic carbocycles. The summed E-state index contributed by atoms with van der Waals surface area (Å²) in [6.45, 7) is 0. The molecule has 0 fully saturated rings. The van der Waals surface area contributed by atoms with E-state index in [1.54, 1.807) is 24.4 Å². The first-order valence-corrected chi connectivity index (χ1v) is 2.91. The van der Waals surface area contributed by atoms with Gasteiger partial charge in [0.1, 0.15) is 0 Å². The molecular formula is C7H7NNaO2. The van der Waals surface area contributed by atoms with Crippen LogP contribution in [0.2, 0.25) is 0 Å². The Kier molecular flexibility index (Phi) is 5.11. The van der Waals surface area contributed by atoms with Crippen LogP contribution in [0.5, 0.6) is 0 Å². The molecule has 0 aliphatic carbocycles. The van der Waals surface area contributed by atoms with Crippen molar-refractivity contribution in [2.45, 2.75) is 6.42 Å². The summed E-state index contributed by atoms with van der Waals surface area (Å²) in [5, 5.41) is 8.33. The Labute approximate surface area is 86.8 Å². The van der Waals surface area contributed by atoms with Crippen molar-refractivity contribution in [2.75, 3.05) is 0 Å². The number of hydrogen-bond acceptors (Lipinski definition) is 2. The van der Waals surface area contributed by atoms with Crippen molar-refractivity contribution in [2.24, 2.45) is 0 Å². The Morgan fingerprint density at radius 3 is 2.73 bits per heavy atom. The Balaban J connectivity index is 0.000001000. The van der Waals surface area contributed by atoms with Gasteiger partial charge in [0, 0.05) is 35.8 Å². The van der Waals surface area contributed by atoms with Gasteiger partial charge in [-0.15, -0.1) is 0 Å². The first-order chi connectivity index (χ1) is 4.79. The van der Waals surface area contributed by atoms with Crippen molar-refractivity contribution >= 4 is 35.5 Å². The van der Waals surface area contributed by atoms with Gasteiger partial charge in [-0.3, -0.25) is 9.78 Å². The fraction of sp³-hybridized carbons (Fsp3) is 0.143. The van der Waals surface area contributed by atoms with Crippen LogP contribution in [0.15, 0.2) is 24.4 Å². The van der Waals surface area contributed by atoms with E-state index >= 15 is 0 Å². The van der Waals surface area contributed by atoms with Gasteiger partial charge in [0.25, 0.3) is 0 Å². The van der Waals surface area contributed by atoms with Gasteiger partial charge < -0.3 is 5.11 Å². The number of aromatic nitrogens is 1. The van der Waals surface area contributed by atoms with Crippen molar-refractivity contribution in [3.63, 3.8) is 0 Å². The van der Waals surface area contributed by atoms with Crippen LogP contribution in [-0.4, -0.2) is 45.6 Å². The van der Waals surface area contributed by atoms with Crippen molar-refractivity contribution in [1.82, 2.24) is 4.98 Å². The van der Waals surface area contributed by atoms with Gasteiger partial charge in [-0.05, 0) is 12.1 Å². The van der Waals surface area contributed by atoms with Gasteiger partial charge in [0.05, 0.1) is 12.1 Å². The molecule has 1 aromatic rings. The maximum absolute atomic E-state index is 10.1. The average molecular weight is 160 g/mol. The molecule has 1 aromatic heterocycles. The number of nitrogens with zero attached hydrogens (tertiary/aromatic N) is 1. The van der Waals surface area contributed by atoms with Crippen molar-refractivity contribution in [3.05, 3.63) is 30.1 Å². The van der Waals surface area contributed by atoms with Crippen LogP contribution in [-0.2, 0) is 11.2 Å². The maximum atomic E-state index is 10.1. The SMILES string of the molecule is O=C(O)Cc1ccccn1.[Na]. The van der Waals surface area contributed by atoms with E-state index in [4.69, 9.17) is 5.11 Å². The minimum atomic E-state index is -0.848. The Morgan fingerprint density at radius 2 is 2.27 bits per heavy atom. The summed E-state index contributed by atoms with van der Waals surface area (Å²) < 4.78 is 0. The van der Waals surface area contributed by atoms with E-state index < -0.39 is 5.97 Å². The molecule has 1 N–H and O–H groups in total. The number of carbonyl (C=O) groups is 1. The summed E-state index contributed by atoms with van der Waals surface area (Å²) in [6.07, 6.45) is 1.58. The second-order valence-corrected chi connectivity index (χ2v) is 1.89. The summed E-state index contributed by atoms with van der Waals surface area (Å²) in [7, 11) is 0. The van der Waals surface area contributed by atoms with Crippen molar-refractivity contribution in [1.29, 1.82) is 0 Å². The zero-order valence-electron chi connectivity index (χ0n) is 6.32. The molecule has 0 aliphatic heterocycles. The molecule has 0 bridgehead atoms. The van der Waals surface area contributed by atoms with Crippen LogP contribution in [0.3, 0.4) is 0 Å². The first kappa shape index (κ1) is 10.6. The summed E-state index contributed by atoms with van der Waals surface area (Å²) in [5.74, 6) is -0.848. The van der Waals surface area contributed by atoms with E-state index in [0.717, 1.165) is 0 Å². The Bertz CT molecular complexity index is 225. The zero-order valence-corrected chi connectivity index (χ0v) is 8.32. The molecule has 11 heavy (non-hydrogen) atoms. The predicted octanol–water partition coefficient (Wildman–Crippen LogP) is 0.328. The maximum Gasteiger partial charge on any atom is 0.309 e. The second-order valence-electron chi connectivity index (χ2n) is 1.89. The predicted molar refractivity (Wildman–Crippen MR) is 41.3 cm³/mol. The van der Waals surface area contributed by atoms with Gasteiger partial charge in [-0.25, -0.2) is 0 Å². The van der Waals surface area contributed by atoms with Gasteiger partial charge in [0.2, 0.25) is 0 Å².